The van der Waals surface area contributed by atoms with Gasteiger partial charge < -0.3 is 24.8 Å². The molecular weight excluding hydrogens is 387 g/mol. The average molecular weight is 409 g/mol. The molecule has 5 nitrogen and oxygen atoms in total. The number of fused-ring (bicyclic) bond motifs is 2. The lowest BCUT2D eigenvalue weighted by Gasteiger charge is -2.47. The Morgan fingerprint density at radius 3 is 2.57 bits per heavy atom. The topological polar surface area (TPSA) is 79.2 Å². The maximum absolute atomic E-state index is 14.5. The van der Waals surface area contributed by atoms with E-state index >= 15 is 0 Å². The predicted molar refractivity (Wildman–Crippen MR) is 100 cm³/mol. The van der Waals surface area contributed by atoms with Crippen LogP contribution in [0.15, 0.2) is 42.5 Å². The second-order valence-corrected chi connectivity index (χ2v) is 8.05. The Labute approximate surface area is 167 Å². The zero-order valence-electron chi connectivity index (χ0n) is 15.3. The molecule has 28 heavy (non-hydrogen) atoms. The van der Waals surface area contributed by atoms with Crippen LogP contribution in [-0.4, -0.2) is 46.3 Å². The van der Waals surface area contributed by atoms with E-state index in [1.165, 1.54) is 12.1 Å². The number of benzene rings is 2. The molecule has 7 heteroatoms. The first-order chi connectivity index (χ1) is 13.3. The molecule has 0 amide bonds. The average Bonchev–Trinajstić information content (AvgIpc) is 3.08. The summed E-state index contributed by atoms with van der Waals surface area (Å²) in [5.74, 6) is -2.59. The van der Waals surface area contributed by atoms with Crippen molar-refractivity contribution in [2.75, 3.05) is 13.2 Å². The molecule has 2 aromatic carbocycles. The van der Waals surface area contributed by atoms with Crippen molar-refractivity contribution < 1.29 is 29.2 Å². The van der Waals surface area contributed by atoms with Crippen LogP contribution in [0.3, 0.4) is 0 Å². The lowest BCUT2D eigenvalue weighted by molar-refractivity contribution is -0.318. The molecule has 0 saturated carbocycles. The zero-order valence-corrected chi connectivity index (χ0v) is 16.1. The van der Waals surface area contributed by atoms with Gasteiger partial charge >= 0.3 is 0 Å². The van der Waals surface area contributed by atoms with Gasteiger partial charge in [0.2, 0.25) is 5.79 Å². The molecule has 0 aromatic heterocycles. The first kappa shape index (κ1) is 19.8. The van der Waals surface area contributed by atoms with Gasteiger partial charge in [-0.1, -0.05) is 36.7 Å². The van der Waals surface area contributed by atoms with Crippen LogP contribution in [-0.2, 0) is 21.7 Å². The summed E-state index contributed by atoms with van der Waals surface area (Å²) >= 11 is 5.90. The smallest absolute Gasteiger partial charge is 0.225 e. The summed E-state index contributed by atoms with van der Waals surface area (Å²) in [6.45, 7) is 1.35. The van der Waals surface area contributed by atoms with E-state index in [-0.39, 0.29) is 13.2 Å². The second kappa shape index (κ2) is 7.06. The van der Waals surface area contributed by atoms with Crippen LogP contribution < -0.4 is 0 Å². The number of hydrogen-bond acceptors (Lipinski definition) is 5. The molecule has 4 rings (SSSR count). The van der Waals surface area contributed by atoms with Crippen molar-refractivity contribution in [2.45, 2.75) is 36.9 Å². The molecule has 2 aliphatic heterocycles. The van der Waals surface area contributed by atoms with Gasteiger partial charge in [0.25, 0.3) is 0 Å². The molecular formula is C21H22ClFO5. The summed E-state index contributed by atoms with van der Waals surface area (Å²) < 4.78 is 26.3. The van der Waals surface area contributed by atoms with Crippen molar-refractivity contribution in [3.8, 4) is 0 Å². The summed E-state index contributed by atoms with van der Waals surface area (Å²) in [6.07, 6.45) is -2.22. The molecule has 2 bridgehead atoms. The van der Waals surface area contributed by atoms with Crippen LogP contribution in [0.1, 0.15) is 23.6 Å². The highest BCUT2D eigenvalue weighted by atomic mass is 35.5. The van der Waals surface area contributed by atoms with Crippen molar-refractivity contribution >= 4 is 11.6 Å². The van der Waals surface area contributed by atoms with Gasteiger partial charge in [0.15, 0.2) is 0 Å². The van der Waals surface area contributed by atoms with Crippen LogP contribution in [0.5, 0.6) is 0 Å². The molecule has 0 radical (unpaired) electrons. The zero-order chi connectivity index (χ0) is 20.1. The fourth-order valence-corrected chi connectivity index (χ4v) is 4.18. The summed E-state index contributed by atoms with van der Waals surface area (Å²) in [5.41, 5.74) is 0.534. The van der Waals surface area contributed by atoms with E-state index in [4.69, 9.17) is 21.1 Å². The van der Waals surface area contributed by atoms with Crippen molar-refractivity contribution in [3.63, 3.8) is 0 Å². The molecule has 2 aliphatic rings. The van der Waals surface area contributed by atoms with E-state index in [0.29, 0.717) is 22.6 Å². The molecule has 2 saturated heterocycles. The van der Waals surface area contributed by atoms with Crippen molar-refractivity contribution in [1.29, 1.82) is 0 Å². The Balaban J connectivity index is 1.72. The van der Waals surface area contributed by atoms with E-state index in [1.807, 2.05) is 12.1 Å². The first-order valence-corrected chi connectivity index (χ1v) is 9.53. The van der Waals surface area contributed by atoms with Crippen molar-refractivity contribution in [1.82, 2.24) is 0 Å². The SMILES string of the molecule is C[C@H]1[C@H](O)[C@@H](O)C2(c3ccc(F)c(Cc4ccc(Cl)cc4)c3)OC[C@]1(CO)O2. The van der Waals surface area contributed by atoms with E-state index in [1.54, 1.807) is 25.1 Å². The van der Waals surface area contributed by atoms with Crippen LogP contribution in [0.2, 0.25) is 5.02 Å². The Morgan fingerprint density at radius 1 is 1.18 bits per heavy atom. The summed E-state index contributed by atoms with van der Waals surface area (Å²) in [4.78, 5) is 0. The number of hydrogen-bond donors (Lipinski definition) is 3. The molecule has 1 unspecified atom stereocenters. The second-order valence-electron chi connectivity index (χ2n) is 7.61. The minimum atomic E-state index is -1.66. The number of rotatable bonds is 4. The minimum Gasteiger partial charge on any atom is -0.393 e. The highest BCUT2D eigenvalue weighted by Crippen LogP contribution is 2.51. The third-order valence-electron chi connectivity index (χ3n) is 5.96. The third kappa shape index (κ3) is 2.96. The third-order valence-corrected chi connectivity index (χ3v) is 6.22. The van der Waals surface area contributed by atoms with E-state index in [2.05, 4.69) is 0 Å². The molecule has 0 spiro atoms. The highest BCUT2D eigenvalue weighted by Gasteiger charge is 2.65. The monoisotopic (exact) mass is 408 g/mol. The minimum absolute atomic E-state index is 0.0165. The van der Waals surface area contributed by atoms with Crippen LogP contribution in [0.25, 0.3) is 0 Å². The van der Waals surface area contributed by atoms with Crippen LogP contribution >= 0.6 is 11.6 Å². The fourth-order valence-electron chi connectivity index (χ4n) is 4.05. The Morgan fingerprint density at radius 2 is 1.89 bits per heavy atom. The molecule has 3 N–H and O–H groups in total. The first-order valence-electron chi connectivity index (χ1n) is 9.16. The normalized spacial score (nSPS) is 34.6. The summed E-state index contributed by atoms with van der Waals surface area (Å²) in [6, 6.07) is 11.4. The quantitative estimate of drug-likeness (QED) is 0.724. The number of aliphatic hydroxyl groups excluding tert-OH is 3. The Bertz CT molecular complexity index is 876. The number of halogens is 2. The summed E-state index contributed by atoms with van der Waals surface area (Å²) in [7, 11) is 0. The molecule has 2 heterocycles. The standard InChI is InChI=1S/C21H22ClFO5/c1-12-18(25)19(26)21(27-11-20(12,10-24)28-21)15-4-7-17(23)14(9-15)8-13-2-5-16(22)6-3-13/h2-7,9,12,18-19,24-26H,8,10-11H2,1H3/t12-,18-,19+,20-,21?/m0/s1. The van der Waals surface area contributed by atoms with Gasteiger partial charge in [-0.3, -0.25) is 0 Å². The largest absolute Gasteiger partial charge is 0.393 e. The number of aliphatic hydroxyl groups is 3. The molecule has 2 aromatic rings. The van der Waals surface area contributed by atoms with E-state index in [9.17, 15) is 19.7 Å². The van der Waals surface area contributed by atoms with E-state index in [0.717, 1.165) is 5.56 Å². The van der Waals surface area contributed by atoms with Gasteiger partial charge in [-0.2, -0.15) is 0 Å². The van der Waals surface area contributed by atoms with Gasteiger partial charge in [-0.15, -0.1) is 0 Å². The van der Waals surface area contributed by atoms with Gasteiger partial charge in [-0.05, 0) is 35.4 Å². The lowest BCUT2D eigenvalue weighted by atomic mass is 9.78. The van der Waals surface area contributed by atoms with Gasteiger partial charge in [0, 0.05) is 22.9 Å². The summed E-state index contributed by atoms with van der Waals surface area (Å²) in [5, 5.41) is 31.7. The van der Waals surface area contributed by atoms with Crippen LogP contribution in [0, 0.1) is 11.7 Å². The lowest BCUT2D eigenvalue weighted by Crippen LogP contribution is -2.61. The maximum Gasteiger partial charge on any atom is 0.225 e. The molecule has 0 aliphatic carbocycles. The highest BCUT2D eigenvalue weighted by molar-refractivity contribution is 6.30. The Kier molecular flexibility index (Phi) is 4.98. The van der Waals surface area contributed by atoms with Gasteiger partial charge in [0.05, 0.1) is 19.3 Å². The van der Waals surface area contributed by atoms with Gasteiger partial charge in [0.1, 0.15) is 17.5 Å². The van der Waals surface area contributed by atoms with Gasteiger partial charge in [-0.25, -0.2) is 4.39 Å². The molecule has 5 atom stereocenters. The maximum atomic E-state index is 14.5. The number of ether oxygens (including phenoxy) is 2. The van der Waals surface area contributed by atoms with E-state index < -0.39 is 35.3 Å². The van der Waals surface area contributed by atoms with Crippen molar-refractivity contribution in [3.05, 3.63) is 70.0 Å². The molecule has 2 fully saturated rings. The predicted octanol–water partition coefficient (Wildman–Crippen LogP) is 2.37. The molecule has 150 valence electrons. The van der Waals surface area contributed by atoms with Crippen molar-refractivity contribution in [2.24, 2.45) is 5.92 Å². The fraction of sp³-hybridized carbons (Fsp3) is 0.429. The Hall–Kier alpha value is -1.54. The van der Waals surface area contributed by atoms with Crippen LogP contribution in [0.4, 0.5) is 4.39 Å².